The Bertz CT molecular complexity index is 368. The molecule has 0 aliphatic carbocycles. The molecule has 0 radical (unpaired) electrons. The monoisotopic (exact) mass is 195 g/mol. The number of nitrogens with zero attached hydrogens (tertiary/aromatic N) is 1. The fourth-order valence-corrected chi connectivity index (χ4v) is 1.50. The van der Waals surface area contributed by atoms with Crippen molar-refractivity contribution in [1.82, 2.24) is 9.97 Å². The van der Waals surface area contributed by atoms with E-state index >= 15 is 0 Å². The van der Waals surface area contributed by atoms with Crippen LogP contribution < -0.4 is 11.3 Å². The summed E-state index contributed by atoms with van der Waals surface area (Å²) in [6.07, 6.45) is 0.593. The number of rotatable bonds is 3. The maximum atomic E-state index is 11.6. The molecule has 0 saturated heterocycles. The van der Waals surface area contributed by atoms with Crippen molar-refractivity contribution in [2.75, 3.05) is 6.54 Å². The van der Waals surface area contributed by atoms with Crippen molar-refractivity contribution >= 4 is 0 Å². The first kappa shape index (κ1) is 10.9. The number of hydrogen-bond donors (Lipinski definition) is 2. The van der Waals surface area contributed by atoms with E-state index in [-0.39, 0.29) is 11.5 Å². The molecule has 0 aromatic carbocycles. The lowest BCUT2D eigenvalue weighted by Crippen LogP contribution is -2.22. The Labute approximate surface area is 83.6 Å². The van der Waals surface area contributed by atoms with Crippen LogP contribution in [0.5, 0.6) is 0 Å². The number of nitrogens with one attached hydrogen (secondary N) is 1. The molecule has 0 unspecified atom stereocenters. The lowest BCUT2D eigenvalue weighted by molar-refractivity contribution is 0.757. The molecule has 1 aromatic heterocycles. The third kappa shape index (κ3) is 2.20. The topological polar surface area (TPSA) is 71.8 Å². The summed E-state index contributed by atoms with van der Waals surface area (Å²) in [5.74, 6) is 0.928. The number of aryl methyl sites for hydroxylation is 1. The van der Waals surface area contributed by atoms with Crippen LogP contribution in [0, 0.1) is 6.92 Å². The summed E-state index contributed by atoms with van der Waals surface area (Å²) >= 11 is 0. The Morgan fingerprint density at radius 3 is 2.64 bits per heavy atom. The van der Waals surface area contributed by atoms with Gasteiger partial charge in [-0.2, -0.15) is 0 Å². The van der Waals surface area contributed by atoms with Gasteiger partial charge in [0.05, 0.1) is 5.69 Å². The SMILES string of the molecule is Cc1nc(C(C)C)c(CCN)c(=O)[nH]1. The normalized spacial score (nSPS) is 10.9. The molecule has 14 heavy (non-hydrogen) atoms. The maximum Gasteiger partial charge on any atom is 0.254 e. The number of aromatic nitrogens is 2. The van der Waals surface area contributed by atoms with E-state index in [1.54, 1.807) is 6.92 Å². The van der Waals surface area contributed by atoms with E-state index in [1.807, 2.05) is 13.8 Å². The second kappa shape index (κ2) is 4.37. The minimum atomic E-state index is -0.0494. The summed E-state index contributed by atoms with van der Waals surface area (Å²) < 4.78 is 0. The summed E-state index contributed by atoms with van der Waals surface area (Å²) in [4.78, 5) is 18.6. The van der Waals surface area contributed by atoms with Crippen molar-refractivity contribution < 1.29 is 0 Å². The Balaban J connectivity index is 3.29. The smallest absolute Gasteiger partial charge is 0.254 e. The number of aromatic amines is 1. The molecule has 4 nitrogen and oxygen atoms in total. The van der Waals surface area contributed by atoms with Crippen molar-refractivity contribution in [1.29, 1.82) is 0 Å². The molecule has 4 heteroatoms. The van der Waals surface area contributed by atoms with Crippen LogP contribution in [0.2, 0.25) is 0 Å². The van der Waals surface area contributed by atoms with Crippen molar-refractivity contribution in [2.45, 2.75) is 33.1 Å². The zero-order valence-corrected chi connectivity index (χ0v) is 8.92. The summed E-state index contributed by atoms with van der Waals surface area (Å²) in [6, 6.07) is 0. The highest BCUT2D eigenvalue weighted by atomic mass is 16.1. The van der Waals surface area contributed by atoms with E-state index in [4.69, 9.17) is 5.73 Å². The van der Waals surface area contributed by atoms with Gasteiger partial charge >= 0.3 is 0 Å². The summed E-state index contributed by atoms with van der Waals surface area (Å²) in [6.45, 7) is 6.33. The number of H-pyrrole nitrogens is 1. The van der Waals surface area contributed by atoms with Crippen LogP contribution in [0.25, 0.3) is 0 Å². The molecular weight excluding hydrogens is 178 g/mol. The Morgan fingerprint density at radius 2 is 2.14 bits per heavy atom. The standard InChI is InChI=1S/C10H17N3O/c1-6(2)9-8(4-5-11)10(14)13-7(3)12-9/h6H,4-5,11H2,1-3H3,(H,12,13,14). The first-order valence-electron chi connectivity index (χ1n) is 4.86. The van der Waals surface area contributed by atoms with Crippen molar-refractivity contribution in [3.63, 3.8) is 0 Å². The average Bonchev–Trinajstić information content (AvgIpc) is 2.09. The van der Waals surface area contributed by atoms with E-state index in [1.165, 1.54) is 0 Å². The first-order valence-corrected chi connectivity index (χ1v) is 4.86. The maximum absolute atomic E-state index is 11.6. The van der Waals surface area contributed by atoms with Crippen molar-refractivity contribution in [2.24, 2.45) is 5.73 Å². The Kier molecular flexibility index (Phi) is 3.41. The molecule has 0 amide bonds. The number of hydrogen-bond acceptors (Lipinski definition) is 3. The van der Waals surface area contributed by atoms with Gasteiger partial charge in [-0.15, -0.1) is 0 Å². The third-order valence-corrected chi connectivity index (χ3v) is 2.11. The fraction of sp³-hybridized carbons (Fsp3) is 0.600. The van der Waals surface area contributed by atoms with Crippen LogP contribution in [0.15, 0.2) is 4.79 Å². The minimum absolute atomic E-state index is 0.0494. The third-order valence-electron chi connectivity index (χ3n) is 2.11. The Hall–Kier alpha value is -1.16. The lowest BCUT2D eigenvalue weighted by atomic mass is 10.0. The fourth-order valence-electron chi connectivity index (χ4n) is 1.50. The molecule has 78 valence electrons. The van der Waals surface area contributed by atoms with Gasteiger partial charge in [0.15, 0.2) is 0 Å². The molecule has 0 fully saturated rings. The van der Waals surface area contributed by atoms with Crippen LogP contribution in [-0.2, 0) is 6.42 Å². The van der Waals surface area contributed by atoms with Crippen molar-refractivity contribution in [3.05, 3.63) is 27.4 Å². The zero-order chi connectivity index (χ0) is 10.7. The lowest BCUT2D eigenvalue weighted by Gasteiger charge is -2.10. The van der Waals surface area contributed by atoms with Gasteiger partial charge in [0.1, 0.15) is 5.82 Å². The van der Waals surface area contributed by atoms with Gasteiger partial charge in [-0.1, -0.05) is 13.8 Å². The summed E-state index contributed by atoms with van der Waals surface area (Å²) in [5, 5.41) is 0. The molecule has 1 heterocycles. The highest BCUT2D eigenvalue weighted by Crippen LogP contribution is 2.13. The molecule has 0 saturated carbocycles. The molecule has 0 aliphatic rings. The van der Waals surface area contributed by atoms with Crippen molar-refractivity contribution in [3.8, 4) is 0 Å². The second-order valence-electron chi connectivity index (χ2n) is 3.71. The van der Waals surface area contributed by atoms with Gasteiger partial charge in [0, 0.05) is 5.56 Å². The van der Waals surface area contributed by atoms with E-state index in [0.29, 0.717) is 18.8 Å². The summed E-state index contributed by atoms with van der Waals surface area (Å²) in [5.41, 5.74) is 7.01. The highest BCUT2D eigenvalue weighted by molar-refractivity contribution is 5.21. The minimum Gasteiger partial charge on any atom is -0.330 e. The quantitative estimate of drug-likeness (QED) is 0.745. The van der Waals surface area contributed by atoms with Gasteiger partial charge in [-0.05, 0) is 25.8 Å². The zero-order valence-electron chi connectivity index (χ0n) is 8.92. The molecular formula is C10H17N3O. The van der Waals surface area contributed by atoms with E-state index in [0.717, 1.165) is 11.3 Å². The van der Waals surface area contributed by atoms with E-state index in [2.05, 4.69) is 9.97 Å². The van der Waals surface area contributed by atoms with Gasteiger partial charge in [-0.25, -0.2) is 4.98 Å². The Morgan fingerprint density at radius 1 is 1.50 bits per heavy atom. The van der Waals surface area contributed by atoms with Gasteiger partial charge in [0.25, 0.3) is 5.56 Å². The van der Waals surface area contributed by atoms with Gasteiger partial charge < -0.3 is 10.7 Å². The average molecular weight is 195 g/mol. The van der Waals surface area contributed by atoms with Crippen LogP contribution in [-0.4, -0.2) is 16.5 Å². The predicted octanol–water partition coefficient (Wildman–Crippen LogP) is 0.703. The summed E-state index contributed by atoms with van der Waals surface area (Å²) in [7, 11) is 0. The highest BCUT2D eigenvalue weighted by Gasteiger charge is 2.12. The molecule has 0 atom stereocenters. The predicted molar refractivity (Wildman–Crippen MR) is 56.4 cm³/mol. The second-order valence-corrected chi connectivity index (χ2v) is 3.71. The molecule has 3 N–H and O–H groups in total. The molecule has 1 aromatic rings. The van der Waals surface area contributed by atoms with Crippen LogP contribution in [0.1, 0.15) is 36.8 Å². The first-order chi connectivity index (χ1) is 6.56. The van der Waals surface area contributed by atoms with Crippen LogP contribution >= 0.6 is 0 Å². The van der Waals surface area contributed by atoms with Crippen LogP contribution in [0.4, 0.5) is 0 Å². The molecule has 0 bridgehead atoms. The van der Waals surface area contributed by atoms with Gasteiger partial charge in [0.2, 0.25) is 0 Å². The van der Waals surface area contributed by atoms with Gasteiger partial charge in [-0.3, -0.25) is 4.79 Å². The largest absolute Gasteiger partial charge is 0.330 e. The number of nitrogens with two attached hydrogens (primary N) is 1. The molecule has 0 spiro atoms. The van der Waals surface area contributed by atoms with Crippen LogP contribution in [0.3, 0.4) is 0 Å². The molecule has 1 rings (SSSR count). The van der Waals surface area contributed by atoms with E-state index in [9.17, 15) is 4.79 Å². The van der Waals surface area contributed by atoms with E-state index < -0.39 is 0 Å². The molecule has 0 aliphatic heterocycles.